The maximum atomic E-state index is 12.0. The number of halogens is 3. The van der Waals surface area contributed by atoms with Gasteiger partial charge in [0.05, 0.1) is 0 Å². The second-order valence-electron chi connectivity index (χ2n) is 3.93. The van der Waals surface area contributed by atoms with Gasteiger partial charge in [-0.15, -0.1) is 0 Å². The Balaban J connectivity index is 2.08. The predicted molar refractivity (Wildman–Crippen MR) is 84.5 cm³/mol. The Bertz CT molecular complexity index is 596. The molecule has 2 rings (SSSR count). The summed E-state index contributed by atoms with van der Waals surface area (Å²) in [6.07, 6.45) is 0. The lowest BCUT2D eigenvalue weighted by Crippen LogP contribution is -2.22. The molecule has 0 saturated carbocycles. The summed E-state index contributed by atoms with van der Waals surface area (Å²) in [6, 6.07) is 12.9. The first-order chi connectivity index (χ1) is 9.06. The first-order valence-corrected chi connectivity index (χ1v) is 7.50. The fourth-order valence-corrected chi connectivity index (χ4v) is 2.89. The highest BCUT2D eigenvalue weighted by atomic mass is 79.9. The second-order valence-corrected chi connectivity index (χ2v) is 6.14. The van der Waals surface area contributed by atoms with E-state index < -0.39 is 0 Å². The minimum Gasteiger partial charge on any atom is -0.348 e. The van der Waals surface area contributed by atoms with E-state index in [1.165, 1.54) is 0 Å². The van der Waals surface area contributed by atoms with Gasteiger partial charge in [0.2, 0.25) is 0 Å². The number of carbonyl (C=O) groups excluding carboxylic acids is 1. The molecular weight excluding hydrogens is 393 g/mol. The number of rotatable bonds is 3. The molecule has 0 bridgehead atoms. The SMILES string of the molecule is O=C(NCc1ccccc1Br)c1cc(Cl)cc(Br)c1. The zero-order chi connectivity index (χ0) is 13.8. The molecule has 2 aromatic carbocycles. The van der Waals surface area contributed by atoms with Crippen molar-refractivity contribution in [2.45, 2.75) is 6.54 Å². The van der Waals surface area contributed by atoms with Crippen LogP contribution in [0.1, 0.15) is 15.9 Å². The molecule has 19 heavy (non-hydrogen) atoms. The largest absolute Gasteiger partial charge is 0.348 e. The lowest BCUT2D eigenvalue weighted by atomic mass is 10.2. The molecule has 0 unspecified atom stereocenters. The van der Waals surface area contributed by atoms with Crippen molar-refractivity contribution >= 4 is 49.4 Å². The van der Waals surface area contributed by atoms with Crippen LogP contribution in [0.25, 0.3) is 0 Å². The van der Waals surface area contributed by atoms with Crippen LogP contribution < -0.4 is 5.32 Å². The Morgan fingerprint density at radius 2 is 1.89 bits per heavy atom. The van der Waals surface area contributed by atoms with Gasteiger partial charge in [0.1, 0.15) is 0 Å². The van der Waals surface area contributed by atoms with Gasteiger partial charge in [-0.2, -0.15) is 0 Å². The van der Waals surface area contributed by atoms with Gasteiger partial charge < -0.3 is 5.32 Å². The van der Waals surface area contributed by atoms with E-state index in [1.54, 1.807) is 18.2 Å². The molecule has 0 radical (unpaired) electrons. The van der Waals surface area contributed by atoms with Crippen LogP contribution in [0.4, 0.5) is 0 Å². The summed E-state index contributed by atoms with van der Waals surface area (Å²) >= 11 is 12.7. The van der Waals surface area contributed by atoms with Crippen molar-refractivity contribution in [2.24, 2.45) is 0 Å². The molecule has 0 aliphatic heterocycles. The number of nitrogens with one attached hydrogen (secondary N) is 1. The zero-order valence-corrected chi connectivity index (χ0v) is 13.7. The molecule has 0 saturated heterocycles. The van der Waals surface area contributed by atoms with Gasteiger partial charge >= 0.3 is 0 Å². The third kappa shape index (κ3) is 4.06. The number of benzene rings is 2. The molecule has 2 nitrogen and oxygen atoms in total. The number of carbonyl (C=O) groups is 1. The Morgan fingerprint density at radius 1 is 1.16 bits per heavy atom. The summed E-state index contributed by atoms with van der Waals surface area (Å²) in [6.45, 7) is 0.463. The first-order valence-electron chi connectivity index (χ1n) is 5.54. The molecule has 5 heteroatoms. The average molecular weight is 404 g/mol. The number of amides is 1. The Hall–Kier alpha value is -0.840. The van der Waals surface area contributed by atoms with E-state index in [4.69, 9.17) is 11.6 Å². The molecule has 2 aromatic rings. The molecule has 0 heterocycles. The van der Waals surface area contributed by atoms with Gasteiger partial charge in [-0.3, -0.25) is 4.79 Å². The topological polar surface area (TPSA) is 29.1 Å². The van der Waals surface area contributed by atoms with E-state index in [-0.39, 0.29) is 5.91 Å². The Kier molecular flexibility index (Phi) is 5.02. The van der Waals surface area contributed by atoms with Crippen molar-refractivity contribution in [3.63, 3.8) is 0 Å². The van der Waals surface area contributed by atoms with E-state index in [0.29, 0.717) is 17.1 Å². The first kappa shape index (κ1) is 14.6. The van der Waals surface area contributed by atoms with Crippen LogP contribution in [0.5, 0.6) is 0 Å². The highest BCUT2D eigenvalue weighted by Crippen LogP contribution is 2.20. The molecule has 98 valence electrons. The molecular formula is C14H10Br2ClNO. The monoisotopic (exact) mass is 401 g/mol. The minimum atomic E-state index is -0.154. The number of hydrogen-bond acceptors (Lipinski definition) is 1. The standard InChI is InChI=1S/C14H10Br2ClNO/c15-11-5-10(6-12(17)7-11)14(19)18-8-9-3-1-2-4-13(9)16/h1-7H,8H2,(H,18,19). The van der Waals surface area contributed by atoms with E-state index in [1.807, 2.05) is 24.3 Å². The van der Waals surface area contributed by atoms with Crippen molar-refractivity contribution in [3.05, 3.63) is 67.6 Å². The number of hydrogen-bond donors (Lipinski definition) is 1. The second kappa shape index (κ2) is 6.55. The lowest BCUT2D eigenvalue weighted by molar-refractivity contribution is 0.0951. The van der Waals surface area contributed by atoms with Crippen molar-refractivity contribution < 1.29 is 4.79 Å². The van der Waals surface area contributed by atoms with Gasteiger partial charge in [-0.1, -0.05) is 61.7 Å². The highest BCUT2D eigenvalue weighted by Gasteiger charge is 2.08. The quantitative estimate of drug-likeness (QED) is 0.784. The fraction of sp³-hybridized carbons (Fsp3) is 0.0714. The van der Waals surface area contributed by atoms with E-state index in [0.717, 1.165) is 14.5 Å². The van der Waals surface area contributed by atoms with Gasteiger partial charge in [0.25, 0.3) is 5.91 Å². The predicted octanol–water partition coefficient (Wildman–Crippen LogP) is 4.80. The smallest absolute Gasteiger partial charge is 0.251 e. The summed E-state index contributed by atoms with van der Waals surface area (Å²) in [5.74, 6) is -0.154. The Morgan fingerprint density at radius 3 is 2.58 bits per heavy atom. The van der Waals surface area contributed by atoms with Crippen LogP contribution in [0, 0.1) is 0 Å². The van der Waals surface area contributed by atoms with Gasteiger partial charge in [0.15, 0.2) is 0 Å². The average Bonchev–Trinajstić information content (AvgIpc) is 2.36. The van der Waals surface area contributed by atoms with Crippen LogP contribution in [-0.4, -0.2) is 5.91 Å². The van der Waals surface area contributed by atoms with Crippen LogP contribution in [0.3, 0.4) is 0 Å². The molecule has 1 N–H and O–H groups in total. The molecule has 0 aromatic heterocycles. The van der Waals surface area contributed by atoms with Crippen molar-refractivity contribution in [2.75, 3.05) is 0 Å². The molecule has 0 fully saturated rings. The normalized spacial score (nSPS) is 10.3. The maximum absolute atomic E-state index is 12.0. The molecule has 0 spiro atoms. The molecule has 0 atom stereocenters. The van der Waals surface area contributed by atoms with Gasteiger partial charge in [-0.25, -0.2) is 0 Å². The van der Waals surface area contributed by atoms with Crippen LogP contribution in [0.2, 0.25) is 5.02 Å². The summed E-state index contributed by atoms with van der Waals surface area (Å²) in [5.41, 5.74) is 1.56. The Labute approximate surface area is 133 Å². The molecule has 1 amide bonds. The third-order valence-corrected chi connectivity index (χ3v) is 3.97. The van der Waals surface area contributed by atoms with Gasteiger partial charge in [0, 0.05) is 26.1 Å². The van der Waals surface area contributed by atoms with Crippen LogP contribution in [0.15, 0.2) is 51.4 Å². The summed E-state index contributed by atoms with van der Waals surface area (Å²) in [7, 11) is 0. The summed E-state index contributed by atoms with van der Waals surface area (Å²) < 4.78 is 1.76. The highest BCUT2D eigenvalue weighted by molar-refractivity contribution is 9.10. The molecule has 0 aliphatic rings. The molecule has 0 aliphatic carbocycles. The summed E-state index contributed by atoms with van der Waals surface area (Å²) in [4.78, 5) is 12.0. The van der Waals surface area contributed by atoms with Crippen LogP contribution >= 0.6 is 43.5 Å². The maximum Gasteiger partial charge on any atom is 0.251 e. The fourth-order valence-electron chi connectivity index (χ4n) is 1.60. The van der Waals surface area contributed by atoms with Crippen LogP contribution in [-0.2, 0) is 6.54 Å². The summed E-state index contributed by atoms with van der Waals surface area (Å²) in [5, 5.41) is 3.39. The lowest BCUT2D eigenvalue weighted by Gasteiger charge is -2.07. The van der Waals surface area contributed by atoms with E-state index in [9.17, 15) is 4.79 Å². The van der Waals surface area contributed by atoms with Gasteiger partial charge in [-0.05, 0) is 29.8 Å². The van der Waals surface area contributed by atoms with E-state index >= 15 is 0 Å². The van der Waals surface area contributed by atoms with E-state index in [2.05, 4.69) is 37.2 Å². The van der Waals surface area contributed by atoms with Crippen molar-refractivity contribution in [3.8, 4) is 0 Å². The third-order valence-electron chi connectivity index (χ3n) is 2.52. The zero-order valence-electron chi connectivity index (χ0n) is 9.79. The van der Waals surface area contributed by atoms with Crippen molar-refractivity contribution in [1.82, 2.24) is 5.32 Å². The minimum absolute atomic E-state index is 0.154. The van der Waals surface area contributed by atoms with Crippen molar-refractivity contribution in [1.29, 1.82) is 0 Å².